The summed E-state index contributed by atoms with van der Waals surface area (Å²) in [4.78, 5) is 16.9. The number of aromatic nitrogens is 3. The third-order valence-electron chi connectivity index (χ3n) is 2.92. The highest BCUT2D eigenvalue weighted by atomic mass is 16.5. The van der Waals surface area contributed by atoms with Gasteiger partial charge in [-0.3, -0.25) is 0 Å². The Kier molecular flexibility index (Phi) is 2.60. The van der Waals surface area contributed by atoms with Crippen molar-refractivity contribution >= 4 is 17.3 Å². The molecule has 1 fully saturated rings. The number of carboxylic acid groups (broad SMARTS) is 1. The van der Waals surface area contributed by atoms with Crippen LogP contribution in [0.1, 0.15) is 10.5 Å². The largest absolute Gasteiger partial charge is 0.476 e. The van der Waals surface area contributed by atoms with Crippen LogP contribution in [0.25, 0.3) is 5.52 Å². The third kappa shape index (κ3) is 1.78. The summed E-state index contributed by atoms with van der Waals surface area (Å²) in [6.45, 7) is 2.95. The number of fused-ring (bicyclic) bond motifs is 1. The minimum absolute atomic E-state index is 0.0241. The van der Waals surface area contributed by atoms with Crippen LogP contribution in [0, 0.1) is 0 Å². The molecule has 1 aliphatic heterocycles. The molecule has 2 aromatic rings. The first-order valence-corrected chi connectivity index (χ1v) is 5.66. The van der Waals surface area contributed by atoms with Crippen molar-refractivity contribution in [3.8, 4) is 0 Å². The predicted octanol–water partition coefficient (Wildman–Crippen LogP) is 0.264. The molecule has 3 rings (SSSR count). The van der Waals surface area contributed by atoms with Gasteiger partial charge in [0.1, 0.15) is 12.1 Å². The number of carboxylic acids is 1. The van der Waals surface area contributed by atoms with Gasteiger partial charge in [-0.25, -0.2) is 14.3 Å². The summed E-state index contributed by atoms with van der Waals surface area (Å²) in [7, 11) is 0. The van der Waals surface area contributed by atoms with Crippen molar-refractivity contribution in [1.82, 2.24) is 14.6 Å². The maximum atomic E-state index is 10.9. The van der Waals surface area contributed by atoms with Crippen molar-refractivity contribution in [2.45, 2.75) is 0 Å². The van der Waals surface area contributed by atoms with Gasteiger partial charge in [-0.1, -0.05) is 0 Å². The standard InChI is InChI=1S/C11H12N4O3/c16-11(17)10-8-1-2-9(13-15(8)7-12-10)14-3-5-18-6-4-14/h1-2,7H,3-6H2,(H,16,17). The fourth-order valence-corrected chi connectivity index (χ4v) is 2.01. The van der Waals surface area contributed by atoms with Gasteiger partial charge in [0.25, 0.3) is 0 Å². The van der Waals surface area contributed by atoms with E-state index in [0.717, 1.165) is 18.9 Å². The third-order valence-corrected chi connectivity index (χ3v) is 2.92. The summed E-state index contributed by atoms with van der Waals surface area (Å²) < 4.78 is 6.77. The summed E-state index contributed by atoms with van der Waals surface area (Å²) in [5.74, 6) is -0.237. The Bertz CT molecular complexity index is 589. The van der Waals surface area contributed by atoms with E-state index in [2.05, 4.69) is 15.0 Å². The highest BCUT2D eigenvalue weighted by molar-refractivity contribution is 5.93. The number of hydrogen-bond acceptors (Lipinski definition) is 5. The fraction of sp³-hybridized carbons (Fsp3) is 0.364. The van der Waals surface area contributed by atoms with Gasteiger partial charge < -0.3 is 14.7 Å². The highest BCUT2D eigenvalue weighted by Crippen LogP contribution is 2.15. The molecule has 18 heavy (non-hydrogen) atoms. The van der Waals surface area contributed by atoms with Crippen LogP contribution in [-0.2, 0) is 4.74 Å². The zero-order valence-electron chi connectivity index (χ0n) is 9.61. The second kappa shape index (κ2) is 4.26. The minimum atomic E-state index is -1.04. The van der Waals surface area contributed by atoms with Crippen molar-refractivity contribution in [3.63, 3.8) is 0 Å². The molecular formula is C11H12N4O3. The lowest BCUT2D eigenvalue weighted by molar-refractivity contribution is 0.0693. The number of ether oxygens (including phenoxy) is 1. The molecule has 0 radical (unpaired) electrons. The molecule has 94 valence electrons. The molecule has 0 amide bonds. The van der Waals surface area contributed by atoms with Gasteiger partial charge >= 0.3 is 5.97 Å². The van der Waals surface area contributed by atoms with Crippen molar-refractivity contribution in [2.75, 3.05) is 31.2 Å². The Balaban J connectivity index is 1.98. The lowest BCUT2D eigenvalue weighted by Crippen LogP contribution is -2.36. The summed E-state index contributed by atoms with van der Waals surface area (Å²) in [6.07, 6.45) is 1.42. The van der Waals surface area contributed by atoms with E-state index in [1.54, 1.807) is 6.07 Å². The molecule has 7 heteroatoms. The van der Waals surface area contributed by atoms with E-state index < -0.39 is 5.97 Å². The van der Waals surface area contributed by atoms with Crippen LogP contribution in [-0.4, -0.2) is 52.0 Å². The van der Waals surface area contributed by atoms with Crippen LogP contribution in [0.15, 0.2) is 18.5 Å². The number of hydrogen-bond donors (Lipinski definition) is 1. The average Bonchev–Trinajstić information content (AvgIpc) is 2.82. The molecule has 3 heterocycles. The van der Waals surface area contributed by atoms with Gasteiger partial charge in [0, 0.05) is 13.1 Å². The molecule has 0 spiro atoms. The summed E-state index contributed by atoms with van der Waals surface area (Å²) in [5.41, 5.74) is 0.524. The van der Waals surface area contributed by atoms with Crippen molar-refractivity contribution < 1.29 is 14.6 Å². The first-order valence-electron chi connectivity index (χ1n) is 5.66. The van der Waals surface area contributed by atoms with Crippen molar-refractivity contribution in [3.05, 3.63) is 24.2 Å². The van der Waals surface area contributed by atoms with Gasteiger partial charge in [-0.15, -0.1) is 5.10 Å². The maximum Gasteiger partial charge on any atom is 0.356 e. The molecule has 0 unspecified atom stereocenters. The van der Waals surface area contributed by atoms with Crippen LogP contribution in [0.4, 0.5) is 5.82 Å². The smallest absolute Gasteiger partial charge is 0.356 e. The molecule has 0 bridgehead atoms. The second-order valence-corrected chi connectivity index (χ2v) is 4.02. The number of aromatic carboxylic acids is 1. The Morgan fingerprint density at radius 3 is 2.83 bits per heavy atom. The van der Waals surface area contributed by atoms with E-state index in [1.807, 2.05) is 6.07 Å². The molecule has 0 aliphatic carbocycles. The molecule has 1 N–H and O–H groups in total. The first kappa shape index (κ1) is 11.0. The number of imidazole rings is 1. The van der Waals surface area contributed by atoms with Crippen LogP contribution in [0.2, 0.25) is 0 Å². The van der Waals surface area contributed by atoms with Gasteiger partial charge in [0.05, 0.1) is 18.7 Å². The zero-order chi connectivity index (χ0) is 12.5. The van der Waals surface area contributed by atoms with E-state index >= 15 is 0 Å². The Labute approximate surface area is 103 Å². The van der Waals surface area contributed by atoms with Gasteiger partial charge in [0.2, 0.25) is 0 Å². The van der Waals surface area contributed by atoms with Crippen LogP contribution < -0.4 is 4.90 Å². The topological polar surface area (TPSA) is 80.0 Å². The van der Waals surface area contributed by atoms with E-state index in [4.69, 9.17) is 9.84 Å². The molecule has 0 saturated carbocycles. The fourth-order valence-electron chi connectivity index (χ4n) is 2.01. The molecule has 2 aromatic heterocycles. The molecule has 1 aliphatic rings. The number of carbonyl (C=O) groups is 1. The van der Waals surface area contributed by atoms with Crippen LogP contribution >= 0.6 is 0 Å². The summed E-state index contributed by atoms with van der Waals surface area (Å²) in [5, 5.41) is 13.3. The Morgan fingerprint density at radius 1 is 1.33 bits per heavy atom. The maximum absolute atomic E-state index is 10.9. The van der Waals surface area contributed by atoms with Crippen molar-refractivity contribution in [2.24, 2.45) is 0 Å². The number of nitrogens with zero attached hydrogens (tertiary/aromatic N) is 4. The predicted molar refractivity (Wildman–Crippen MR) is 63.0 cm³/mol. The minimum Gasteiger partial charge on any atom is -0.476 e. The van der Waals surface area contributed by atoms with E-state index in [-0.39, 0.29) is 5.69 Å². The molecule has 0 atom stereocenters. The lowest BCUT2D eigenvalue weighted by atomic mass is 10.3. The number of anilines is 1. The zero-order valence-corrected chi connectivity index (χ0v) is 9.61. The van der Waals surface area contributed by atoms with Gasteiger partial charge in [-0.2, -0.15) is 0 Å². The number of rotatable bonds is 2. The van der Waals surface area contributed by atoms with Crippen LogP contribution in [0.3, 0.4) is 0 Å². The number of morpholine rings is 1. The van der Waals surface area contributed by atoms with Gasteiger partial charge in [-0.05, 0) is 12.1 Å². The van der Waals surface area contributed by atoms with E-state index in [0.29, 0.717) is 18.7 Å². The SMILES string of the molecule is O=C(O)c1ncn2nc(N3CCOCC3)ccc12. The Hall–Kier alpha value is -2.15. The summed E-state index contributed by atoms with van der Waals surface area (Å²) >= 11 is 0. The van der Waals surface area contributed by atoms with Gasteiger partial charge in [0.15, 0.2) is 5.69 Å². The molecule has 7 nitrogen and oxygen atoms in total. The normalized spacial score (nSPS) is 16.1. The first-order chi connectivity index (χ1) is 8.75. The van der Waals surface area contributed by atoms with E-state index in [9.17, 15) is 4.79 Å². The monoisotopic (exact) mass is 248 g/mol. The summed E-state index contributed by atoms with van der Waals surface area (Å²) in [6, 6.07) is 3.54. The molecule has 1 saturated heterocycles. The Morgan fingerprint density at radius 2 is 2.11 bits per heavy atom. The molecular weight excluding hydrogens is 236 g/mol. The van der Waals surface area contributed by atoms with Crippen LogP contribution in [0.5, 0.6) is 0 Å². The molecule has 0 aromatic carbocycles. The van der Waals surface area contributed by atoms with E-state index in [1.165, 1.54) is 10.8 Å². The quantitative estimate of drug-likeness (QED) is 0.821. The lowest BCUT2D eigenvalue weighted by Gasteiger charge is -2.27. The highest BCUT2D eigenvalue weighted by Gasteiger charge is 2.16. The van der Waals surface area contributed by atoms with Crippen molar-refractivity contribution in [1.29, 1.82) is 0 Å². The average molecular weight is 248 g/mol. The second-order valence-electron chi connectivity index (χ2n) is 4.02.